The van der Waals surface area contributed by atoms with Gasteiger partial charge in [-0.1, -0.05) is 13.8 Å². The number of carbonyl (C=O) groups is 1. The molecule has 5 heterocycles. The van der Waals surface area contributed by atoms with E-state index in [0.29, 0.717) is 18.3 Å². The van der Waals surface area contributed by atoms with Crippen LogP contribution in [0.5, 0.6) is 0 Å². The van der Waals surface area contributed by atoms with Gasteiger partial charge in [-0.25, -0.2) is 0 Å². The molecule has 2 aliphatic heterocycles. The third kappa shape index (κ3) is 2.76. The topological polar surface area (TPSA) is 76.5 Å². The Labute approximate surface area is 199 Å². The molecule has 1 aliphatic carbocycles. The van der Waals surface area contributed by atoms with E-state index >= 15 is 0 Å². The number of aromatic nitrogens is 3. The largest absolute Gasteiger partial charge is 0.361 e. The molecule has 2 unspecified atom stereocenters. The van der Waals surface area contributed by atoms with Crippen LogP contribution in [0.2, 0.25) is 0 Å². The van der Waals surface area contributed by atoms with Crippen LogP contribution in [-0.2, 0) is 0 Å². The smallest absolute Gasteiger partial charge is 0.169 e. The SMILES string of the molecule is Cc1c2[nH]c(c1C)/C=c1\[nH]/c(c(C)c1C)=C\c1[nH]c3c(c1C)C(=O)C/C3=C1/N/C(=C\2)C(C)C1C. The Hall–Kier alpha value is -3.47. The number of H-pyrrole nitrogens is 3. The second kappa shape index (κ2) is 7.02. The van der Waals surface area contributed by atoms with Crippen molar-refractivity contribution in [1.82, 2.24) is 20.3 Å². The second-order valence-electron chi connectivity index (χ2n) is 10.4. The van der Waals surface area contributed by atoms with Crippen LogP contribution in [0.4, 0.5) is 0 Å². The molecule has 4 N–H and O–H groups in total. The van der Waals surface area contributed by atoms with Crippen molar-refractivity contribution in [3.05, 3.63) is 78.2 Å². The summed E-state index contributed by atoms with van der Waals surface area (Å²) in [6.07, 6.45) is 7.10. The lowest BCUT2D eigenvalue weighted by molar-refractivity contribution is 0.100. The second-order valence-corrected chi connectivity index (χ2v) is 10.4. The Bertz CT molecular complexity index is 1600. The molecule has 8 bridgehead atoms. The van der Waals surface area contributed by atoms with Gasteiger partial charge in [0.05, 0.1) is 5.69 Å². The van der Waals surface area contributed by atoms with Gasteiger partial charge in [0.2, 0.25) is 0 Å². The van der Waals surface area contributed by atoms with Crippen LogP contribution in [0.1, 0.15) is 81.2 Å². The Morgan fingerprint density at radius 1 is 0.706 bits per heavy atom. The molecule has 0 radical (unpaired) electrons. The number of hydrogen-bond acceptors (Lipinski definition) is 2. The maximum Gasteiger partial charge on any atom is 0.169 e. The first kappa shape index (κ1) is 21.1. The number of ketones is 1. The Kier molecular flexibility index (Phi) is 4.35. The Balaban J connectivity index is 1.72. The highest BCUT2D eigenvalue weighted by Gasteiger charge is 2.37. The molecule has 0 amide bonds. The van der Waals surface area contributed by atoms with Crippen LogP contribution in [0.15, 0.2) is 11.4 Å². The van der Waals surface area contributed by atoms with E-state index in [1.54, 1.807) is 0 Å². The van der Waals surface area contributed by atoms with Crippen LogP contribution < -0.4 is 16.0 Å². The quantitative estimate of drug-likeness (QED) is 0.408. The standard InChI is InChI=1S/C29H32N4O/c1-12-14(3)22-10-24-16(5)17(6)28(32-24)19-8-26(34)27-18(7)25(33-29(19)27)11-23-15(4)13(2)21(31-23)9-20(12)30-22/h9-11,16-17,30-33H,8H2,1-7H3/b21-9-,23-11-,24-10-,28-19-. The van der Waals surface area contributed by atoms with Gasteiger partial charge in [-0.2, -0.15) is 0 Å². The Morgan fingerprint density at radius 3 is 1.94 bits per heavy atom. The number of Topliss-reactive ketones (excluding diaryl/α,β-unsaturated/α-hetero) is 1. The van der Waals surface area contributed by atoms with Crippen LogP contribution in [-0.4, -0.2) is 20.7 Å². The molecule has 6 rings (SSSR count). The molecule has 3 aromatic heterocycles. The predicted octanol–water partition coefficient (Wildman–Crippen LogP) is 4.40. The fraction of sp³-hybridized carbons (Fsp3) is 0.345. The van der Waals surface area contributed by atoms with Gasteiger partial charge in [-0.05, 0) is 80.7 Å². The molecule has 174 valence electrons. The van der Waals surface area contributed by atoms with Crippen molar-refractivity contribution in [2.75, 3.05) is 0 Å². The van der Waals surface area contributed by atoms with E-state index in [0.717, 1.165) is 50.2 Å². The molecule has 1 saturated heterocycles. The number of fused-ring (bicyclic) bond motifs is 7. The van der Waals surface area contributed by atoms with Gasteiger partial charge in [-0.15, -0.1) is 0 Å². The lowest BCUT2D eigenvalue weighted by atomic mass is 9.92. The van der Waals surface area contributed by atoms with Gasteiger partial charge >= 0.3 is 0 Å². The summed E-state index contributed by atoms with van der Waals surface area (Å²) >= 11 is 0. The molecule has 3 aromatic rings. The van der Waals surface area contributed by atoms with Gasteiger partial charge in [-0.3, -0.25) is 4.79 Å². The Morgan fingerprint density at radius 2 is 1.29 bits per heavy atom. The third-order valence-corrected chi connectivity index (χ3v) is 8.66. The molecule has 34 heavy (non-hydrogen) atoms. The molecule has 2 atom stereocenters. The maximum absolute atomic E-state index is 13.1. The number of aromatic amines is 3. The third-order valence-electron chi connectivity index (χ3n) is 8.66. The molecule has 0 spiro atoms. The summed E-state index contributed by atoms with van der Waals surface area (Å²) in [5.41, 5.74) is 14.6. The van der Waals surface area contributed by atoms with Gasteiger partial charge < -0.3 is 20.3 Å². The monoisotopic (exact) mass is 452 g/mol. The first-order valence-corrected chi connectivity index (χ1v) is 12.2. The zero-order chi connectivity index (χ0) is 24.0. The van der Waals surface area contributed by atoms with Crippen molar-refractivity contribution < 1.29 is 4.79 Å². The van der Waals surface area contributed by atoms with E-state index in [1.807, 2.05) is 0 Å². The van der Waals surface area contributed by atoms with Crippen LogP contribution >= 0.6 is 0 Å². The van der Waals surface area contributed by atoms with Crippen molar-refractivity contribution >= 4 is 29.6 Å². The molecule has 1 fully saturated rings. The summed E-state index contributed by atoms with van der Waals surface area (Å²) in [6.45, 7) is 15.3. The first-order valence-electron chi connectivity index (χ1n) is 12.2. The first-order chi connectivity index (χ1) is 16.2. The lowest BCUT2D eigenvalue weighted by Gasteiger charge is -2.11. The van der Waals surface area contributed by atoms with E-state index in [9.17, 15) is 4.79 Å². The van der Waals surface area contributed by atoms with Gasteiger partial charge in [0.15, 0.2) is 5.78 Å². The summed E-state index contributed by atoms with van der Waals surface area (Å²) in [5.74, 6) is 0.856. The van der Waals surface area contributed by atoms with Crippen molar-refractivity contribution in [3.8, 4) is 0 Å². The normalized spacial score (nSPS) is 26.6. The van der Waals surface area contributed by atoms with E-state index in [2.05, 4.69) is 87.0 Å². The highest BCUT2D eigenvalue weighted by atomic mass is 16.1. The minimum atomic E-state index is 0.208. The molecule has 5 nitrogen and oxygen atoms in total. The average molecular weight is 453 g/mol. The molecular formula is C29H32N4O. The van der Waals surface area contributed by atoms with Gasteiger partial charge in [0.1, 0.15) is 0 Å². The fourth-order valence-corrected chi connectivity index (χ4v) is 5.81. The van der Waals surface area contributed by atoms with E-state index in [1.165, 1.54) is 33.6 Å². The number of rotatable bonds is 0. The van der Waals surface area contributed by atoms with Crippen molar-refractivity contribution in [2.24, 2.45) is 11.8 Å². The van der Waals surface area contributed by atoms with Crippen LogP contribution in [0, 0.1) is 46.5 Å². The molecule has 0 saturated carbocycles. The predicted molar refractivity (Wildman–Crippen MR) is 138 cm³/mol. The maximum atomic E-state index is 13.1. The zero-order valence-electron chi connectivity index (χ0n) is 21.0. The summed E-state index contributed by atoms with van der Waals surface area (Å²) < 4.78 is 0. The van der Waals surface area contributed by atoms with Crippen LogP contribution in [0.3, 0.4) is 0 Å². The van der Waals surface area contributed by atoms with E-state index in [-0.39, 0.29) is 5.78 Å². The van der Waals surface area contributed by atoms with Crippen molar-refractivity contribution in [3.63, 3.8) is 0 Å². The minimum Gasteiger partial charge on any atom is -0.361 e. The molecular weight excluding hydrogens is 420 g/mol. The molecule has 0 aromatic carbocycles. The fourth-order valence-electron chi connectivity index (χ4n) is 5.81. The molecule has 5 heteroatoms. The highest BCUT2D eigenvalue weighted by Crippen LogP contribution is 2.43. The van der Waals surface area contributed by atoms with Crippen LogP contribution in [0.25, 0.3) is 23.8 Å². The van der Waals surface area contributed by atoms with Crippen molar-refractivity contribution in [1.29, 1.82) is 0 Å². The van der Waals surface area contributed by atoms with Crippen molar-refractivity contribution in [2.45, 2.75) is 54.9 Å². The number of allylic oxidation sites excluding steroid dienone is 3. The van der Waals surface area contributed by atoms with Gasteiger partial charge in [0, 0.05) is 68.6 Å². The highest BCUT2D eigenvalue weighted by molar-refractivity contribution is 6.13. The van der Waals surface area contributed by atoms with E-state index in [4.69, 9.17) is 0 Å². The lowest BCUT2D eigenvalue weighted by Crippen LogP contribution is -2.12. The number of nitrogens with one attached hydrogen (secondary N) is 4. The number of carbonyl (C=O) groups excluding carboxylic acids is 1. The summed E-state index contributed by atoms with van der Waals surface area (Å²) in [7, 11) is 0. The number of hydrogen-bond donors (Lipinski definition) is 4. The summed E-state index contributed by atoms with van der Waals surface area (Å²) in [4.78, 5) is 24.1. The van der Waals surface area contributed by atoms with Gasteiger partial charge in [0.25, 0.3) is 0 Å². The van der Waals surface area contributed by atoms with E-state index < -0.39 is 0 Å². The zero-order valence-corrected chi connectivity index (χ0v) is 21.0. The average Bonchev–Trinajstić information content (AvgIpc) is 3.52. The molecule has 3 aliphatic rings. The minimum absolute atomic E-state index is 0.208. The summed E-state index contributed by atoms with van der Waals surface area (Å²) in [5, 5.41) is 5.91. The summed E-state index contributed by atoms with van der Waals surface area (Å²) in [6, 6.07) is 0.